The summed E-state index contributed by atoms with van der Waals surface area (Å²) < 4.78 is 0. The maximum Gasteiger partial charge on any atom is 0.336 e. The highest BCUT2D eigenvalue weighted by atomic mass is 16.4. The second-order valence-corrected chi connectivity index (χ2v) is 8.98. The fourth-order valence-corrected chi connectivity index (χ4v) is 4.58. The molecule has 172 valence electrons. The Balaban J connectivity index is 2.52. The number of carboxylic acids is 2. The van der Waals surface area contributed by atoms with E-state index < -0.39 is 11.9 Å². The lowest BCUT2D eigenvalue weighted by Gasteiger charge is -2.25. The second kappa shape index (κ2) is 10.5. The van der Waals surface area contributed by atoms with Gasteiger partial charge in [0.2, 0.25) is 0 Å². The van der Waals surface area contributed by atoms with Crippen molar-refractivity contribution in [1.29, 1.82) is 0 Å². The van der Waals surface area contributed by atoms with Crippen molar-refractivity contribution < 1.29 is 19.8 Å². The molecule has 0 heterocycles. The van der Waals surface area contributed by atoms with E-state index in [0.29, 0.717) is 17.0 Å². The molecule has 0 amide bonds. The van der Waals surface area contributed by atoms with E-state index in [9.17, 15) is 19.8 Å². The van der Waals surface area contributed by atoms with Crippen molar-refractivity contribution in [3.8, 4) is 22.3 Å². The summed E-state index contributed by atoms with van der Waals surface area (Å²) in [4.78, 5) is 24.3. The molecule has 3 aromatic rings. The van der Waals surface area contributed by atoms with E-state index in [1.165, 1.54) is 5.56 Å². The Hall–Kier alpha value is -3.40. The summed E-state index contributed by atoms with van der Waals surface area (Å²) in [6, 6.07) is 16.2. The Morgan fingerprint density at radius 1 is 0.848 bits per heavy atom. The molecule has 0 radical (unpaired) electrons. The Morgan fingerprint density at radius 3 is 1.85 bits per heavy atom. The van der Waals surface area contributed by atoms with Gasteiger partial charge < -0.3 is 10.2 Å². The number of carboxylic acid groups (broad SMARTS) is 2. The third-order valence-corrected chi connectivity index (χ3v) is 5.99. The lowest BCUT2D eigenvalue weighted by molar-refractivity contribution is 0.0686. The first kappa shape index (κ1) is 24.2. The van der Waals surface area contributed by atoms with Gasteiger partial charge in [-0.3, -0.25) is 0 Å². The summed E-state index contributed by atoms with van der Waals surface area (Å²) in [5.41, 5.74) is 6.64. The molecule has 0 saturated heterocycles. The molecule has 3 aromatic carbocycles. The molecule has 0 fully saturated rings. The normalized spacial score (nSPS) is 11.1. The Morgan fingerprint density at radius 2 is 1.36 bits per heavy atom. The molecule has 0 bridgehead atoms. The Labute approximate surface area is 195 Å². The largest absolute Gasteiger partial charge is 0.478 e. The molecule has 4 heteroatoms. The minimum absolute atomic E-state index is 0.214. The Bertz CT molecular complexity index is 1170. The van der Waals surface area contributed by atoms with Crippen LogP contribution in [-0.4, -0.2) is 22.2 Å². The molecule has 2 N–H and O–H groups in total. The fourth-order valence-electron chi connectivity index (χ4n) is 4.58. The monoisotopic (exact) mass is 444 g/mol. The highest BCUT2D eigenvalue weighted by Gasteiger charge is 2.25. The van der Waals surface area contributed by atoms with Crippen LogP contribution in [0.1, 0.15) is 71.0 Å². The number of aryl methyl sites for hydroxylation is 2. The lowest BCUT2D eigenvalue weighted by Crippen LogP contribution is -2.10. The zero-order valence-electron chi connectivity index (χ0n) is 19.8. The van der Waals surface area contributed by atoms with Gasteiger partial charge in [-0.05, 0) is 83.2 Å². The van der Waals surface area contributed by atoms with Crippen molar-refractivity contribution in [3.63, 3.8) is 0 Å². The maximum absolute atomic E-state index is 12.2. The zero-order valence-corrected chi connectivity index (χ0v) is 19.8. The summed E-state index contributed by atoms with van der Waals surface area (Å²) >= 11 is 0. The van der Waals surface area contributed by atoms with Gasteiger partial charge in [-0.25, -0.2) is 9.59 Å². The predicted octanol–water partition coefficient (Wildman–Crippen LogP) is 7.27. The van der Waals surface area contributed by atoms with Gasteiger partial charge >= 0.3 is 11.9 Å². The number of benzene rings is 3. The van der Waals surface area contributed by atoms with E-state index in [1.807, 2.05) is 31.2 Å². The lowest BCUT2D eigenvalue weighted by atomic mass is 9.79. The van der Waals surface area contributed by atoms with Crippen LogP contribution in [0.5, 0.6) is 0 Å². The summed E-state index contributed by atoms with van der Waals surface area (Å²) in [5.74, 6) is -1.63. The van der Waals surface area contributed by atoms with E-state index in [4.69, 9.17) is 0 Å². The number of carbonyl (C=O) groups is 2. The van der Waals surface area contributed by atoms with Crippen LogP contribution >= 0.6 is 0 Å². The molecule has 0 aromatic heterocycles. The first-order valence-corrected chi connectivity index (χ1v) is 11.6. The second-order valence-electron chi connectivity index (χ2n) is 8.98. The number of unbranched alkanes of at least 4 members (excludes halogenated alkanes) is 1. The first-order valence-electron chi connectivity index (χ1n) is 11.6. The molecule has 0 atom stereocenters. The molecule has 0 aliphatic carbocycles. The third kappa shape index (κ3) is 5.16. The minimum atomic E-state index is -0.997. The van der Waals surface area contributed by atoms with Crippen LogP contribution in [0, 0.1) is 12.8 Å². The molecule has 0 aliphatic rings. The van der Waals surface area contributed by atoms with Gasteiger partial charge in [0, 0.05) is 0 Å². The van der Waals surface area contributed by atoms with Crippen molar-refractivity contribution in [2.45, 2.75) is 53.4 Å². The summed E-state index contributed by atoms with van der Waals surface area (Å²) in [6.07, 6.45) is 3.79. The quantitative estimate of drug-likeness (QED) is 0.364. The number of rotatable bonds is 9. The van der Waals surface area contributed by atoms with Crippen LogP contribution in [0.2, 0.25) is 0 Å². The molecule has 33 heavy (non-hydrogen) atoms. The van der Waals surface area contributed by atoms with Gasteiger partial charge in [0.15, 0.2) is 0 Å². The van der Waals surface area contributed by atoms with Crippen LogP contribution in [0.4, 0.5) is 0 Å². The molecular weight excluding hydrogens is 412 g/mol. The van der Waals surface area contributed by atoms with Crippen molar-refractivity contribution in [2.75, 3.05) is 0 Å². The average Bonchev–Trinajstić information content (AvgIpc) is 2.78. The molecule has 0 spiro atoms. The number of hydrogen-bond donors (Lipinski definition) is 2. The van der Waals surface area contributed by atoms with Crippen molar-refractivity contribution in [1.82, 2.24) is 0 Å². The van der Waals surface area contributed by atoms with Gasteiger partial charge in [-0.2, -0.15) is 0 Å². The van der Waals surface area contributed by atoms with Crippen LogP contribution in [0.3, 0.4) is 0 Å². The number of hydrogen-bond acceptors (Lipinski definition) is 2. The maximum atomic E-state index is 12.2. The van der Waals surface area contributed by atoms with Gasteiger partial charge in [-0.1, -0.05) is 69.7 Å². The van der Waals surface area contributed by atoms with Crippen molar-refractivity contribution >= 4 is 11.9 Å². The minimum Gasteiger partial charge on any atom is -0.478 e. The highest BCUT2D eigenvalue weighted by molar-refractivity contribution is 6.04. The van der Waals surface area contributed by atoms with Crippen LogP contribution < -0.4 is 0 Å². The van der Waals surface area contributed by atoms with Crippen LogP contribution in [0.25, 0.3) is 22.3 Å². The fraction of sp³-hybridized carbons (Fsp3) is 0.310. The van der Waals surface area contributed by atoms with E-state index in [1.54, 1.807) is 24.3 Å². The van der Waals surface area contributed by atoms with Crippen LogP contribution in [-0.2, 0) is 12.8 Å². The molecular formula is C29H32O4. The summed E-state index contributed by atoms with van der Waals surface area (Å²) in [6.45, 7) is 8.46. The van der Waals surface area contributed by atoms with Crippen LogP contribution in [0.15, 0.2) is 54.6 Å². The van der Waals surface area contributed by atoms with Gasteiger partial charge in [0.1, 0.15) is 0 Å². The van der Waals surface area contributed by atoms with Gasteiger partial charge in [0.25, 0.3) is 0 Å². The van der Waals surface area contributed by atoms with E-state index in [2.05, 4.69) is 26.8 Å². The molecule has 4 nitrogen and oxygen atoms in total. The van der Waals surface area contributed by atoms with E-state index in [0.717, 1.165) is 47.9 Å². The van der Waals surface area contributed by atoms with E-state index >= 15 is 0 Å². The first-order chi connectivity index (χ1) is 15.8. The van der Waals surface area contributed by atoms with Crippen molar-refractivity contribution in [3.05, 3.63) is 82.4 Å². The topological polar surface area (TPSA) is 74.6 Å². The zero-order chi connectivity index (χ0) is 24.1. The van der Waals surface area contributed by atoms with E-state index in [-0.39, 0.29) is 11.1 Å². The van der Waals surface area contributed by atoms with Crippen molar-refractivity contribution in [2.24, 2.45) is 5.92 Å². The summed E-state index contributed by atoms with van der Waals surface area (Å²) in [7, 11) is 0. The van der Waals surface area contributed by atoms with Gasteiger partial charge in [0.05, 0.1) is 11.1 Å². The number of aromatic carboxylic acids is 2. The smallest absolute Gasteiger partial charge is 0.336 e. The molecule has 0 saturated carbocycles. The molecule has 3 rings (SSSR count). The molecule has 0 unspecified atom stereocenters. The standard InChI is InChI=1S/C29H32O4/c1-5-6-11-20-17-19(4)26(21-12-7-9-14-23(21)28(30)31)27(25(20)16-18(2)3)22-13-8-10-15-24(22)29(32)33/h7-10,12-15,17-18H,5-6,11,16H2,1-4H3,(H,30,31)(H,32,33). The third-order valence-electron chi connectivity index (χ3n) is 5.99. The SMILES string of the molecule is CCCCc1cc(C)c(-c2ccccc2C(=O)O)c(-c2ccccc2C(=O)O)c1CC(C)C. The predicted molar refractivity (Wildman–Crippen MR) is 133 cm³/mol. The van der Waals surface area contributed by atoms with Gasteiger partial charge in [-0.15, -0.1) is 0 Å². The molecule has 0 aliphatic heterocycles. The average molecular weight is 445 g/mol. The highest BCUT2D eigenvalue weighted by Crippen LogP contribution is 2.43. The Kier molecular flexibility index (Phi) is 7.70. The summed E-state index contributed by atoms with van der Waals surface area (Å²) in [5, 5.41) is 19.9.